The fourth-order valence-corrected chi connectivity index (χ4v) is 8.60. The second kappa shape index (κ2) is 14.1. The predicted octanol–water partition coefficient (Wildman–Crippen LogP) is 16.0. The van der Waals surface area contributed by atoms with E-state index in [1.54, 1.807) is 0 Å². The molecule has 272 valence electrons. The van der Waals surface area contributed by atoms with Crippen molar-refractivity contribution in [3.05, 3.63) is 224 Å². The first kappa shape index (κ1) is 33.6. The monoisotopic (exact) mass is 739 g/mol. The molecule has 11 aromatic rings. The summed E-state index contributed by atoms with van der Waals surface area (Å²) in [6, 6.07) is 80.9. The Balaban J connectivity index is 1.10. The van der Waals surface area contributed by atoms with Crippen LogP contribution in [0.4, 0.5) is 17.1 Å². The molecule has 0 radical (unpaired) electrons. The number of furan rings is 1. The van der Waals surface area contributed by atoms with E-state index in [1.165, 1.54) is 49.2 Å². The van der Waals surface area contributed by atoms with Gasteiger partial charge in [0.25, 0.3) is 0 Å². The minimum absolute atomic E-state index is 0.915. The summed E-state index contributed by atoms with van der Waals surface area (Å²) in [5, 5.41) is 7.15. The fraction of sp³-hybridized carbons (Fsp3) is 0. The van der Waals surface area contributed by atoms with Gasteiger partial charge in [0.2, 0.25) is 0 Å². The van der Waals surface area contributed by atoms with Crippen molar-refractivity contribution in [3.8, 4) is 44.5 Å². The first-order chi connectivity index (χ1) is 28.7. The van der Waals surface area contributed by atoms with Gasteiger partial charge in [-0.1, -0.05) is 170 Å². The SMILES string of the molecule is c1ccc(-c2ccc(N(c3ccccc3-c3ccc4ccccc4c3)c3ccc(-c4ccc5c(ccc6oc7ccccc7c65)c4)cc3-c3ccccc3)cc2)cc1. The molecule has 0 atom stereocenters. The Morgan fingerprint density at radius 2 is 0.879 bits per heavy atom. The average Bonchev–Trinajstić information content (AvgIpc) is 3.69. The zero-order valence-electron chi connectivity index (χ0n) is 31.7. The minimum atomic E-state index is 0.915. The molecule has 0 aliphatic carbocycles. The molecule has 0 N–H and O–H groups in total. The third-order valence-electron chi connectivity index (χ3n) is 11.5. The smallest absolute Gasteiger partial charge is 0.136 e. The van der Waals surface area contributed by atoms with Crippen LogP contribution in [0, 0.1) is 0 Å². The molecule has 0 saturated heterocycles. The summed E-state index contributed by atoms with van der Waals surface area (Å²) >= 11 is 0. The highest BCUT2D eigenvalue weighted by atomic mass is 16.3. The predicted molar refractivity (Wildman–Crippen MR) is 245 cm³/mol. The Morgan fingerprint density at radius 1 is 0.293 bits per heavy atom. The lowest BCUT2D eigenvalue weighted by molar-refractivity contribution is 0.669. The molecule has 0 bridgehead atoms. The van der Waals surface area contributed by atoms with Gasteiger partial charge in [-0.3, -0.25) is 0 Å². The van der Waals surface area contributed by atoms with Crippen molar-refractivity contribution in [1.29, 1.82) is 0 Å². The van der Waals surface area contributed by atoms with Crippen molar-refractivity contribution in [1.82, 2.24) is 0 Å². The van der Waals surface area contributed by atoms with Crippen LogP contribution in [0.15, 0.2) is 229 Å². The fourth-order valence-electron chi connectivity index (χ4n) is 8.60. The molecule has 0 aliphatic heterocycles. The summed E-state index contributed by atoms with van der Waals surface area (Å²) < 4.78 is 6.23. The number of rotatable bonds is 7. The Bertz CT molecular complexity index is 3270. The van der Waals surface area contributed by atoms with Crippen LogP contribution in [0.5, 0.6) is 0 Å². The molecule has 0 saturated carbocycles. The Labute approximate surface area is 337 Å². The van der Waals surface area contributed by atoms with E-state index in [0.29, 0.717) is 0 Å². The van der Waals surface area contributed by atoms with E-state index in [1.807, 2.05) is 12.1 Å². The number of fused-ring (bicyclic) bond motifs is 6. The van der Waals surface area contributed by atoms with Crippen molar-refractivity contribution in [2.45, 2.75) is 0 Å². The molecular weight excluding hydrogens is 703 g/mol. The molecule has 0 amide bonds. The van der Waals surface area contributed by atoms with E-state index in [-0.39, 0.29) is 0 Å². The molecule has 0 aliphatic rings. The number of nitrogens with zero attached hydrogens (tertiary/aromatic N) is 1. The molecule has 1 heterocycles. The van der Waals surface area contributed by atoms with E-state index >= 15 is 0 Å². The highest BCUT2D eigenvalue weighted by Crippen LogP contribution is 2.47. The van der Waals surface area contributed by atoms with Crippen LogP contribution in [0.25, 0.3) is 88.0 Å². The Morgan fingerprint density at radius 3 is 1.72 bits per heavy atom. The lowest BCUT2D eigenvalue weighted by Gasteiger charge is -2.30. The molecule has 2 heteroatoms. The molecule has 11 rings (SSSR count). The molecular formula is C56H37NO. The lowest BCUT2D eigenvalue weighted by Crippen LogP contribution is -2.12. The second-order valence-corrected chi connectivity index (χ2v) is 14.9. The molecule has 0 fully saturated rings. The van der Waals surface area contributed by atoms with E-state index in [9.17, 15) is 0 Å². The summed E-state index contributed by atoms with van der Waals surface area (Å²) in [6.45, 7) is 0. The standard InChI is InChI=1S/C56H37NO/c1-3-13-38(14-4-1)40-25-30-47(31-26-40)57(52-21-11-9-19-48(52)45-24-23-39-15-7-8-18-42(39)35-45)53-33-28-44(37-51(53)41-16-5-2-6-17-41)43-27-32-49-46(36-43)29-34-55-56(49)50-20-10-12-22-54(50)58-55/h1-37H. The zero-order chi connectivity index (χ0) is 38.4. The lowest BCUT2D eigenvalue weighted by atomic mass is 9.93. The Hall–Kier alpha value is -7.68. The third kappa shape index (κ3) is 5.91. The number of para-hydroxylation sites is 2. The number of hydrogen-bond donors (Lipinski definition) is 0. The van der Waals surface area contributed by atoms with Crippen molar-refractivity contribution in [2.24, 2.45) is 0 Å². The van der Waals surface area contributed by atoms with E-state index in [2.05, 4.69) is 217 Å². The summed E-state index contributed by atoms with van der Waals surface area (Å²) in [5.74, 6) is 0. The van der Waals surface area contributed by atoms with Crippen LogP contribution in [-0.2, 0) is 0 Å². The van der Waals surface area contributed by atoms with Crippen molar-refractivity contribution >= 4 is 60.5 Å². The van der Waals surface area contributed by atoms with Crippen LogP contribution in [0.3, 0.4) is 0 Å². The maximum Gasteiger partial charge on any atom is 0.136 e. The molecule has 0 spiro atoms. The van der Waals surface area contributed by atoms with Gasteiger partial charge in [0.05, 0.1) is 11.4 Å². The van der Waals surface area contributed by atoms with Crippen molar-refractivity contribution in [3.63, 3.8) is 0 Å². The Kier molecular flexibility index (Phi) is 8.19. The topological polar surface area (TPSA) is 16.4 Å². The van der Waals surface area contributed by atoms with Crippen LogP contribution >= 0.6 is 0 Å². The summed E-state index contributed by atoms with van der Waals surface area (Å²) in [6.07, 6.45) is 0. The van der Waals surface area contributed by atoms with Crippen LogP contribution < -0.4 is 4.90 Å². The largest absolute Gasteiger partial charge is 0.456 e. The molecule has 1 aromatic heterocycles. The van der Waals surface area contributed by atoms with E-state index in [4.69, 9.17) is 4.42 Å². The van der Waals surface area contributed by atoms with E-state index in [0.717, 1.165) is 55.9 Å². The first-order valence-electron chi connectivity index (χ1n) is 19.8. The van der Waals surface area contributed by atoms with Gasteiger partial charge in [0.1, 0.15) is 11.2 Å². The van der Waals surface area contributed by atoms with Gasteiger partial charge in [-0.05, 0) is 110 Å². The number of benzene rings is 10. The maximum atomic E-state index is 6.23. The second-order valence-electron chi connectivity index (χ2n) is 14.9. The quantitative estimate of drug-likeness (QED) is 0.162. The normalized spacial score (nSPS) is 11.4. The van der Waals surface area contributed by atoms with Crippen LogP contribution in [0.2, 0.25) is 0 Å². The molecule has 2 nitrogen and oxygen atoms in total. The van der Waals surface area contributed by atoms with Crippen LogP contribution in [0.1, 0.15) is 0 Å². The van der Waals surface area contributed by atoms with Crippen LogP contribution in [-0.4, -0.2) is 0 Å². The highest BCUT2D eigenvalue weighted by Gasteiger charge is 2.22. The molecule has 10 aromatic carbocycles. The van der Waals surface area contributed by atoms with Gasteiger partial charge in [-0.2, -0.15) is 0 Å². The van der Waals surface area contributed by atoms with E-state index < -0.39 is 0 Å². The van der Waals surface area contributed by atoms with Gasteiger partial charge in [0, 0.05) is 27.6 Å². The van der Waals surface area contributed by atoms with Gasteiger partial charge in [0.15, 0.2) is 0 Å². The van der Waals surface area contributed by atoms with Gasteiger partial charge >= 0.3 is 0 Å². The summed E-state index contributed by atoms with van der Waals surface area (Å²) in [4.78, 5) is 2.44. The highest BCUT2D eigenvalue weighted by molar-refractivity contribution is 6.19. The minimum Gasteiger partial charge on any atom is -0.456 e. The first-order valence-corrected chi connectivity index (χ1v) is 19.8. The number of hydrogen-bond acceptors (Lipinski definition) is 2. The van der Waals surface area contributed by atoms with Crippen molar-refractivity contribution in [2.75, 3.05) is 4.90 Å². The van der Waals surface area contributed by atoms with Crippen molar-refractivity contribution < 1.29 is 4.42 Å². The number of anilines is 3. The van der Waals surface area contributed by atoms with Gasteiger partial charge in [-0.15, -0.1) is 0 Å². The summed E-state index contributed by atoms with van der Waals surface area (Å²) in [7, 11) is 0. The summed E-state index contributed by atoms with van der Waals surface area (Å²) in [5.41, 5.74) is 14.5. The zero-order valence-corrected chi connectivity index (χ0v) is 31.7. The van der Waals surface area contributed by atoms with Gasteiger partial charge in [-0.25, -0.2) is 0 Å². The third-order valence-corrected chi connectivity index (χ3v) is 11.5. The molecule has 0 unspecified atom stereocenters. The average molecular weight is 740 g/mol. The van der Waals surface area contributed by atoms with Gasteiger partial charge < -0.3 is 9.32 Å². The molecule has 58 heavy (non-hydrogen) atoms. The maximum absolute atomic E-state index is 6.23.